The lowest BCUT2D eigenvalue weighted by atomic mass is 10.1. The molecule has 2 amide bonds. The van der Waals surface area contributed by atoms with Crippen molar-refractivity contribution in [3.63, 3.8) is 0 Å². The van der Waals surface area contributed by atoms with E-state index in [1.165, 1.54) is 5.56 Å². The number of nitrogens with zero attached hydrogens (tertiary/aromatic N) is 2. The Kier molecular flexibility index (Phi) is 6.43. The standard InChI is InChI=1S/C26H27N3O2/c1-28(19-20-10-4-2-5-11-20)17-16-27-25(30)24-18-22-14-8-9-15-23(22)29(24)26(31)21-12-6-3-7-13-21/h2-15,24H,16-19H2,1H3,(H,27,30)/t24-/m0/s1. The molecule has 1 N–H and O–H groups in total. The second-order valence-corrected chi connectivity index (χ2v) is 7.90. The third-order valence-electron chi connectivity index (χ3n) is 5.61. The van der Waals surface area contributed by atoms with Crippen molar-refractivity contribution in [2.24, 2.45) is 0 Å². The van der Waals surface area contributed by atoms with E-state index >= 15 is 0 Å². The Morgan fingerprint density at radius 3 is 2.32 bits per heavy atom. The van der Waals surface area contributed by atoms with Gasteiger partial charge in [0.25, 0.3) is 5.91 Å². The van der Waals surface area contributed by atoms with Crippen LogP contribution in [0.4, 0.5) is 5.69 Å². The summed E-state index contributed by atoms with van der Waals surface area (Å²) in [6, 6.07) is 26.6. The van der Waals surface area contributed by atoms with Crippen LogP contribution in [-0.2, 0) is 17.8 Å². The number of hydrogen-bond donors (Lipinski definition) is 1. The van der Waals surface area contributed by atoms with E-state index in [0.29, 0.717) is 18.5 Å². The van der Waals surface area contributed by atoms with E-state index in [9.17, 15) is 9.59 Å². The number of carbonyl (C=O) groups is 2. The third kappa shape index (κ3) is 4.84. The summed E-state index contributed by atoms with van der Waals surface area (Å²) in [4.78, 5) is 30.1. The summed E-state index contributed by atoms with van der Waals surface area (Å²) in [5.74, 6) is -0.263. The van der Waals surface area contributed by atoms with Gasteiger partial charge in [0.2, 0.25) is 5.91 Å². The Morgan fingerprint density at radius 2 is 1.58 bits per heavy atom. The second kappa shape index (κ2) is 9.58. The van der Waals surface area contributed by atoms with Crippen molar-refractivity contribution in [2.45, 2.75) is 19.0 Å². The maximum Gasteiger partial charge on any atom is 0.259 e. The smallest absolute Gasteiger partial charge is 0.259 e. The number of hydrogen-bond acceptors (Lipinski definition) is 3. The van der Waals surface area contributed by atoms with E-state index in [0.717, 1.165) is 24.3 Å². The van der Waals surface area contributed by atoms with Crippen molar-refractivity contribution in [2.75, 3.05) is 25.0 Å². The average molecular weight is 414 g/mol. The summed E-state index contributed by atoms with van der Waals surface area (Å²) in [6.45, 7) is 2.08. The van der Waals surface area contributed by atoms with Crippen LogP contribution in [0.25, 0.3) is 0 Å². The van der Waals surface area contributed by atoms with E-state index in [-0.39, 0.29) is 11.8 Å². The van der Waals surface area contributed by atoms with Crippen LogP contribution in [0.5, 0.6) is 0 Å². The SMILES string of the molecule is CN(CCNC(=O)[C@@H]1Cc2ccccc2N1C(=O)c1ccccc1)Cc1ccccc1. The molecule has 0 aliphatic carbocycles. The van der Waals surface area contributed by atoms with Gasteiger partial charge in [-0.3, -0.25) is 14.5 Å². The average Bonchev–Trinajstić information content (AvgIpc) is 3.19. The second-order valence-electron chi connectivity index (χ2n) is 7.90. The van der Waals surface area contributed by atoms with Gasteiger partial charge >= 0.3 is 0 Å². The Morgan fingerprint density at radius 1 is 0.935 bits per heavy atom. The van der Waals surface area contributed by atoms with Gasteiger partial charge < -0.3 is 10.2 Å². The predicted molar refractivity (Wildman–Crippen MR) is 123 cm³/mol. The number of rotatable bonds is 7. The normalized spacial score (nSPS) is 15.0. The molecule has 1 aliphatic heterocycles. The quantitative estimate of drug-likeness (QED) is 0.645. The zero-order valence-corrected chi connectivity index (χ0v) is 17.7. The monoisotopic (exact) mass is 413 g/mol. The van der Waals surface area contributed by atoms with Crippen LogP contribution < -0.4 is 10.2 Å². The topological polar surface area (TPSA) is 52.7 Å². The fourth-order valence-corrected chi connectivity index (χ4v) is 4.03. The van der Waals surface area contributed by atoms with Crippen molar-refractivity contribution in [1.29, 1.82) is 0 Å². The molecule has 1 heterocycles. The lowest BCUT2D eigenvalue weighted by Gasteiger charge is -2.25. The van der Waals surface area contributed by atoms with Gasteiger partial charge in [0.15, 0.2) is 0 Å². The van der Waals surface area contributed by atoms with Crippen LogP contribution in [-0.4, -0.2) is 42.9 Å². The number of benzene rings is 3. The van der Waals surface area contributed by atoms with E-state index in [4.69, 9.17) is 0 Å². The molecule has 158 valence electrons. The summed E-state index contributed by atoms with van der Waals surface area (Å²) < 4.78 is 0. The molecule has 0 radical (unpaired) electrons. The fourth-order valence-electron chi connectivity index (χ4n) is 4.03. The van der Waals surface area contributed by atoms with Crippen LogP contribution in [0.3, 0.4) is 0 Å². The van der Waals surface area contributed by atoms with Crippen LogP contribution >= 0.6 is 0 Å². The van der Waals surface area contributed by atoms with E-state index in [2.05, 4.69) is 22.3 Å². The molecule has 5 nitrogen and oxygen atoms in total. The van der Waals surface area contributed by atoms with Gasteiger partial charge in [-0.1, -0.05) is 66.7 Å². The van der Waals surface area contributed by atoms with Crippen molar-refractivity contribution >= 4 is 17.5 Å². The highest BCUT2D eigenvalue weighted by atomic mass is 16.2. The molecule has 3 aromatic carbocycles. The third-order valence-corrected chi connectivity index (χ3v) is 5.61. The van der Waals surface area contributed by atoms with Gasteiger partial charge in [-0.15, -0.1) is 0 Å². The Labute approximate surface area is 183 Å². The molecule has 31 heavy (non-hydrogen) atoms. The molecule has 0 fully saturated rings. The van der Waals surface area contributed by atoms with Gasteiger partial charge in [-0.2, -0.15) is 0 Å². The molecule has 5 heteroatoms. The number of para-hydroxylation sites is 1. The van der Waals surface area contributed by atoms with Gasteiger partial charge in [-0.05, 0) is 36.4 Å². The highest BCUT2D eigenvalue weighted by Crippen LogP contribution is 2.33. The van der Waals surface area contributed by atoms with E-state index in [1.54, 1.807) is 17.0 Å². The highest BCUT2D eigenvalue weighted by molar-refractivity contribution is 6.11. The van der Waals surface area contributed by atoms with Crippen LogP contribution in [0.15, 0.2) is 84.9 Å². The maximum atomic E-state index is 13.2. The van der Waals surface area contributed by atoms with Gasteiger partial charge in [0.1, 0.15) is 6.04 Å². The highest BCUT2D eigenvalue weighted by Gasteiger charge is 2.38. The lowest BCUT2D eigenvalue weighted by molar-refractivity contribution is -0.122. The molecule has 3 aromatic rings. The number of likely N-dealkylation sites (N-methyl/N-ethyl adjacent to an activating group) is 1. The zero-order valence-electron chi connectivity index (χ0n) is 17.7. The molecule has 0 aromatic heterocycles. The number of nitrogens with one attached hydrogen (secondary N) is 1. The molecule has 0 bridgehead atoms. The molecule has 0 spiro atoms. The number of fused-ring (bicyclic) bond motifs is 1. The lowest BCUT2D eigenvalue weighted by Crippen LogP contribution is -2.49. The Balaban J connectivity index is 1.41. The summed E-state index contributed by atoms with van der Waals surface area (Å²) >= 11 is 0. The number of anilines is 1. The molecule has 0 saturated heterocycles. The molecule has 0 unspecified atom stereocenters. The van der Waals surface area contributed by atoms with Crippen LogP contribution in [0.1, 0.15) is 21.5 Å². The van der Waals surface area contributed by atoms with E-state index in [1.807, 2.05) is 67.7 Å². The first kappa shape index (κ1) is 20.8. The minimum absolute atomic E-state index is 0.117. The number of carbonyl (C=O) groups excluding carboxylic acids is 2. The predicted octanol–water partition coefficient (Wildman–Crippen LogP) is 3.51. The number of amides is 2. The summed E-state index contributed by atoms with van der Waals surface area (Å²) in [6.07, 6.45) is 0.528. The Hall–Kier alpha value is -3.44. The molecule has 0 saturated carbocycles. The molecular weight excluding hydrogens is 386 g/mol. The van der Waals surface area contributed by atoms with Crippen molar-refractivity contribution in [1.82, 2.24) is 10.2 Å². The largest absolute Gasteiger partial charge is 0.353 e. The fraction of sp³-hybridized carbons (Fsp3) is 0.231. The van der Waals surface area contributed by atoms with Crippen molar-refractivity contribution in [3.05, 3.63) is 102 Å². The zero-order chi connectivity index (χ0) is 21.6. The van der Waals surface area contributed by atoms with Crippen LogP contribution in [0, 0.1) is 0 Å². The minimum atomic E-state index is -0.537. The summed E-state index contributed by atoms with van der Waals surface area (Å²) in [7, 11) is 2.04. The minimum Gasteiger partial charge on any atom is -0.353 e. The Bertz CT molecular complexity index is 1040. The van der Waals surface area contributed by atoms with Crippen molar-refractivity contribution in [3.8, 4) is 0 Å². The van der Waals surface area contributed by atoms with Gasteiger partial charge in [-0.25, -0.2) is 0 Å². The first-order valence-electron chi connectivity index (χ1n) is 10.6. The van der Waals surface area contributed by atoms with Crippen LogP contribution in [0.2, 0.25) is 0 Å². The molecule has 4 rings (SSSR count). The first-order chi connectivity index (χ1) is 15.1. The first-order valence-corrected chi connectivity index (χ1v) is 10.6. The molecular formula is C26H27N3O2. The van der Waals surface area contributed by atoms with E-state index < -0.39 is 6.04 Å². The summed E-state index contributed by atoms with van der Waals surface area (Å²) in [5.41, 5.74) is 3.66. The molecule has 1 atom stereocenters. The summed E-state index contributed by atoms with van der Waals surface area (Å²) in [5, 5.41) is 3.04. The molecule has 1 aliphatic rings. The van der Waals surface area contributed by atoms with Gasteiger partial charge in [0, 0.05) is 37.3 Å². The van der Waals surface area contributed by atoms with Gasteiger partial charge in [0.05, 0.1) is 0 Å². The maximum absolute atomic E-state index is 13.2. The van der Waals surface area contributed by atoms with Crippen molar-refractivity contribution < 1.29 is 9.59 Å².